The van der Waals surface area contributed by atoms with Gasteiger partial charge < -0.3 is 4.74 Å². The number of fused-ring (bicyclic) bond motifs is 1. The first-order valence-electron chi connectivity index (χ1n) is 11.6. The van der Waals surface area contributed by atoms with Crippen LogP contribution in [0.1, 0.15) is 27.6 Å². The van der Waals surface area contributed by atoms with E-state index in [-0.39, 0.29) is 0 Å². The summed E-state index contributed by atoms with van der Waals surface area (Å²) in [6.07, 6.45) is 2.16. The highest BCUT2D eigenvalue weighted by Gasteiger charge is 2.19. The van der Waals surface area contributed by atoms with Crippen molar-refractivity contribution in [3.8, 4) is 16.2 Å². The second-order valence-corrected chi connectivity index (χ2v) is 10.2. The summed E-state index contributed by atoms with van der Waals surface area (Å²) < 4.78 is 6.35. The largest absolute Gasteiger partial charge is 0.486 e. The summed E-state index contributed by atoms with van der Waals surface area (Å²) in [6.45, 7) is 2.48. The average Bonchev–Trinajstić information content (AvgIpc) is 3.35. The molecule has 7 heteroatoms. The van der Waals surface area contributed by atoms with Gasteiger partial charge in [-0.2, -0.15) is 0 Å². The zero-order chi connectivity index (χ0) is 24.9. The average molecular weight is 511 g/mol. The number of hydrogen-bond donors (Lipinski definition) is 0. The number of hydrogen-bond acceptors (Lipinski definition) is 4. The number of ether oxygens (including phenoxy) is 1. The molecule has 5 nitrogen and oxygen atoms in total. The second kappa shape index (κ2) is 10.8. The first-order chi connectivity index (χ1) is 17.6. The normalized spacial score (nSPS) is 11.7. The van der Waals surface area contributed by atoms with Crippen LogP contribution in [-0.4, -0.2) is 4.98 Å². The second-order valence-electron chi connectivity index (χ2n) is 8.48. The Morgan fingerprint density at radius 3 is 2.67 bits per heavy atom. The van der Waals surface area contributed by atoms with Crippen molar-refractivity contribution in [3.05, 3.63) is 128 Å². The molecular weight excluding hydrogens is 488 g/mol. The number of pyridine rings is 1. The van der Waals surface area contributed by atoms with Crippen molar-refractivity contribution in [1.29, 1.82) is 0 Å². The van der Waals surface area contributed by atoms with Crippen LogP contribution in [0.2, 0.25) is 5.02 Å². The number of nitrogens with zero attached hydrogens (tertiary/aromatic N) is 4. The van der Waals surface area contributed by atoms with E-state index in [4.69, 9.17) is 16.3 Å². The number of aryl methyl sites for hydroxylation is 1. The summed E-state index contributed by atoms with van der Waals surface area (Å²) in [5, 5.41) is 5.57. The number of aromatic nitrogens is 1. The standard InChI is InChI=1S/C29H23ClN4OS/c1-19-12-13-27(36-19)22-10-5-9-21(15-22)26(33-34-31)17-23-16-25(30)24-11-6-14-32-28(24)29(23)35-18-20-7-3-2-4-8-20/h2-16,26H,17-18H2,1H3. The van der Waals surface area contributed by atoms with E-state index in [1.54, 1.807) is 17.5 Å². The summed E-state index contributed by atoms with van der Waals surface area (Å²) in [5.41, 5.74) is 14.0. The van der Waals surface area contributed by atoms with Gasteiger partial charge in [0, 0.05) is 26.2 Å². The molecule has 178 valence electrons. The van der Waals surface area contributed by atoms with Gasteiger partial charge in [0.2, 0.25) is 0 Å². The van der Waals surface area contributed by atoms with Crippen LogP contribution in [0.15, 0.2) is 96.2 Å². The van der Waals surface area contributed by atoms with Crippen molar-refractivity contribution < 1.29 is 4.74 Å². The molecule has 0 aliphatic carbocycles. The number of azide groups is 1. The Balaban J connectivity index is 1.54. The summed E-state index contributed by atoms with van der Waals surface area (Å²) in [6, 6.07) is 27.6. The lowest BCUT2D eigenvalue weighted by Crippen LogP contribution is -2.05. The molecule has 0 saturated heterocycles. The van der Waals surface area contributed by atoms with Crippen molar-refractivity contribution in [3.63, 3.8) is 0 Å². The summed E-state index contributed by atoms with van der Waals surface area (Å²) in [5.74, 6) is 0.655. The van der Waals surface area contributed by atoms with Crippen molar-refractivity contribution in [2.75, 3.05) is 0 Å². The smallest absolute Gasteiger partial charge is 0.149 e. The van der Waals surface area contributed by atoms with Crippen LogP contribution in [0.25, 0.3) is 31.8 Å². The minimum absolute atomic E-state index is 0.389. The predicted octanol–water partition coefficient (Wildman–Crippen LogP) is 9.10. The molecule has 5 aromatic rings. The minimum atomic E-state index is -0.438. The van der Waals surface area contributed by atoms with Gasteiger partial charge in [-0.15, -0.1) is 11.3 Å². The van der Waals surface area contributed by atoms with Gasteiger partial charge in [0.25, 0.3) is 0 Å². The predicted molar refractivity (Wildman–Crippen MR) is 148 cm³/mol. The zero-order valence-corrected chi connectivity index (χ0v) is 21.2. The molecule has 0 radical (unpaired) electrons. The fraction of sp³-hybridized carbons (Fsp3) is 0.138. The molecular formula is C29H23ClN4OS. The van der Waals surface area contributed by atoms with Crippen LogP contribution in [0.4, 0.5) is 0 Å². The fourth-order valence-electron chi connectivity index (χ4n) is 4.25. The Morgan fingerprint density at radius 2 is 1.89 bits per heavy atom. The fourth-order valence-corrected chi connectivity index (χ4v) is 5.40. The number of thiophene rings is 1. The minimum Gasteiger partial charge on any atom is -0.486 e. The van der Waals surface area contributed by atoms with Crippen molar-refractivity contribution in [2.24, 2.45) is 5.11 Å². The molecule has 0 spiro atoms. The highest BCUT2D eigenvalue weighted by atomic mass is 35.5. The van der Waals surface area contributed by atoms with E-state index >= 15 is 0 Å². The molecule has 36 heavy (non-hydrogen) atoms. The highest BCUT2D eigenvalue weighted by Crippen LogP contribution is 2.38. The van der Waals surface area contributed by atoms with Crippen LogP contribution in [0, 0.1) is 6.92 Å². The molecule has 0 aliphatic rings. The first kappa shape index (κ1) is 23.9. The van der Waals surface area contributed by atoms with Gasteiger partial charge in [-0.05, 0) is 77.5 Å². The Bertz CT molecular complexity index is 1560. The van der Waals surface area contributed by atoms with Crippen LogP contribution < -0.4 is 4.74 Å². The van der Waals surface area contributed by atoms with Gasteiger partial charge in [0.1, 0.15) is 17.9 Å². The molecule has 0 amide bonds. The highest BCUT2D eigenvalue weighted by molar-refractivity contribution is 7.15. The summed E-state index contributed by atoms with van der Waals surface area (Å²) >= 11 is 8.41. The third kappa shape index (κ3) is 5.21. The van der Waals surface area contributed by atoms with Gasteiger partial charge in [-0.25, -0.2) is 0 Å². The van der Waals surface area contributed by atoms with Crippen LogP contribution in [0.5, 0.6) is 5.75 Å². The molecule has 1 unspecified atom stereocenters. The summed E-state index contributed by atoms with van der Waals surface area (Å²) in [4.78, 5) is 10.2. The lowest BCUT2D eigenvalue weighted by molar-refractivity contribution is 0.305. The van der Waals surface area contributed by atoms with Crippen molar-refractivity contribution in [1.82, 2.24) is 4.98 Å². The molecule has 3 aromatic carbocycles. The monoisotopic (exact) mass is 510 g/mol. The van der Waals surface area contributed by atoms with E-state index in [1.165, 1.54) is 9.75 Å². The van der Waals surface area contributed by atoms with E-state index in [0.29, 0.717) is 29.3 Å². The number of halogens is 1. The Labute approximate surface area is 218 Å². The summed E-state index contributed by atoms with van der Waals surface area (Å²) in [7, 11) is 0. The quantitative estimate of drug-likeness (QED) is 0.119. The van der Waals surface area contributed by atoms with E-state index in [2.05, 4.69) is 46.2 Å². The van der Waals surface area contributed by atoms with Gasteiger partial charge in [-0.1, -0.05) is 65.2 Å². The van der Waals surface area contributed by atoms with Crippen LogP contribution in [0.3, 0.4) is 0 Å². The van der Waals surface area contributed by atoms with E-state index < -0.39 is 6.04 Å². The van der Waals surface area contributed by atoms with Crippen molar-refractivity contribution >= 4 is 33.8 Å². The van der Waals surface area contributed by atoms with Crippen LogP contribution in [-0.2, 0) is 13.0 Å². The SMILES string of the molecule is Cc1ccc(-c2cccc(C(Cc3cc(Cl)c4cccnc4c3OCc3ccccc3)N=[N+]=[N-])c2)s1. The number of rotatable bonds is 8. The third-order valence-corrected chi connectivity index (χ3v) is 7.36. The van der Waals surface area contributed by atoms with E-state index in [9.17, 15) is 5.53 Å². The molecule has 0 bridgehead atoms. The topological polar surface area (TPSA) is 70.9 Å². The van der Waals surface area contributed by atoms with E-state index in [1.807, 2.05) is 60.7 Å². The molecule has 2 aromatic heterocycles. The Hall–Kier alpha value is -3.83. The van der Waals surface area contributed by atoms with Gasteiger partial charge >= 0.3 is 0 Å². The zero-order valence-electron chi connectivity index (χ0n) is 19.6. The molecule has 0 saturated carbocycles. The van der Waals surface area contributed by atoms with Gasteiger partial charge in [0.05, 0.1) is 11.1 Å². The lowest BCUT2D eigenvalue weighted by atomic mass is 9.96. The van der Waals surface area contributed by atoms with Gasteiger partial charge in [-0.3, -0.25) is 4.98 Å². The maximum absolute atomic E-state index is 9.40. The molecule has 2 heterocycles. The maximum atomic E-state index is 9.40. The molecule has 0 fully saturated rings. The molecule has 0 aliphatic heterocycles. The first-order valence-corrected chi connectivity index (χ1v) is 12.8. The molecule has 0 N–H and O–H groups in total. The lowest BCUT2D eigenvalue weighted by Gasteiger charge is -2.18. The Kier molecular flexibility index (Phi) is 7.19. The van der Waals surface area contributed by atoms with Crippen molar-refractivity contribution in [2.45, 2.75) is 26.0 Å². The van der Waals surface area contributed by atoms with Gasteiger partial charge in [0.15, 0.2) is 0 Å². The molecule has 1 atom stereocenters. The van der Waals surface area contributed by atoms with Crippen LogP contribution >= 0.6 is 22.9 Å². The third-order valence-electron chi connectivity index (χ3n) is 6.00. The van der Waals surface area contributed by atoms with E-state index in [0.717, 1.165) is 27.6 Å². The number of benzene rings is 3. The Morgan fingerprint density at radius 1 is 1.03 bits per heavy atom. The molecule has 5 rings (SSSR count). The maximum Gasteiger partial charge on any atom is 0.149 e.